The van der Waals surface area contributed by atoms with Gasteiger partial charge in [-0.3, -0.25) is 0 Å². The van der Waals surface area contributed by atoms with Crippen LogP contribution in [-0.2, 0) is 4.79 Å². The van der Waals surface area contributed by atoms with Gasteiger partial charge >= 0.3 is 5.97 Å². The molecular formula is C10H9BrO3. The van der Waals surface area contributed by atoms with Crippen LogP contribution in [0.4, 0.5) is 0 Å². The number of carbonyl (C=O) groups is 1. The molecule has 14 heavy (non-hydrogen) atoms. The lowest BCUT2D eigenvalue weighted by Crippen LogP contribution is -2.27. The highest BCUT2D eigenvalue weighted by Gasteiger charge is 2.36. The van der Waals surface area contributed by atoms with Crippen LogP contribution in [0.25, 0.3) is 0 Å². The van der Waals surface area contributed by atoms with Crippen molar-refractivity contribution in [1.29, 1.82) is 0 Å². The van der Waals surface area contributed by atoms with Crippen LogP contribution in [0, 0.1) is 0 Å². The minimum atomic E-state index is -0.912. The third-order valence-electron chi connectivity index (χ3n) is 2.41. The predicted molar refractivity (Wildman–Crippen MR) is 54.6 cm³/mol. The number of hydrogen-bond acceptors (Lipinski definition) is 2. The van der Waals surface area contributed by atoms with Crippen LogP contribution in [0.15, 0.2) is 22.7 Å². The van der Waals surface area contributed by atoms with Crippen molar-refractivity contribution in [2.45, 2.75) is 18.9 Å². The molecular weight excluding hydrogens is 248 g/mol. The molecule has 1 aliphatic heterocycles. The van der Waals surface area contributed by atoms with Crippen LogP contribution in [-0.4, -0.2) is 17.2 Å². The lowest BCUT2D eigenvalue weighted by Gasteiger charge is -2.08. The number of carboxylic acids is 1. The van der Waals surface area contributed by atoms with Gasteiger partial charge in [0.15, 0.2) is 0 Å². The molecule has 1 aliphatic rings. The molecule has 4 heteroatoms. The number of hydrogen-bond donors (Lipinski definition) is 1. The van der Waals surface area contributed by atoms with Crippen molar-refractivity contribution >= 4 is 21.9 Å². The van der Waals surface area contributed by atoms with Gasteiger partial charge in [-0.15, -0.1) is 0 Å². The normalized spacial score (nSPS) is 24.1. The van der Waals surface area contributed by atoms with Gasteiger partial charge in [-0.1, -0.05) is 22.9 Å². The van der Waals surface area contributed by atoms with Gasteiger partial charge in [-0.25, -0.2) is 4.79 Å². The summed E-state index contributed by atoms with van der Waals surface area (Å²) >= 11 is 3.35. The topological polar surface area (TPSA) is 46.5 Å². The molecule has 1 aromatic rings. The smallest absolute Gasteiger partial charge is 0.345 e. The van der Waals surface area contributed by atoms with E-state index in [0.29, 0.717) is 5.75 Å². The molecule has 0 aromatic heterocycles. The lowest BCUT2D eigenvalue weighted by atomic mass is 9.98. The first-order chi connectivity index (χ1) is 6.59. The van der Waals surface area contributed by atoms with Crippen LogP contribution in [0.3, 0.4) is 0 Å². The highest BCUT2D eigenvalue weighted by molar-refractivity contribution is 9.10. The van der Waals surface area contributed by atoms with Crippen molar-refractivity contribution in [1.82, 2.24) is 0 Å². The van der Waals surface area contributed by atoms with Gasteiger partial charge in [0.1, 0.15) is 5.75 Å². The second-order valence-corrected chi connectivity index (χ2v) is 4.26. The van der Waals surface area contributed by atoms with E-state index < -0.39 is 12.1 Å². The van der Waals surface area contributed by atoms with Crippen LogP contribution >= 0.6 is 15.9 Å². The molecule has 0 unspecified atom stereocenters. The Bertz CT molecular complexity index is 389. The average molecular weight is 257 g/mol. The molecule has 1 heterocycles. The van der Waals surface area contributed by atoms with Gasteiger partial charge < -0.3 is 9.84 Å². The van der Waals surface area contributed by atoms with E-state index in [1.807, 2.05) is 19.1 Å². The molecule has 0 saturated heterocycles. The number of ether oxygens (including phenoxy) is 1. The molecule has 74 valence electrons. The van der Waals surface area contributed by atoms with Gasteiger partial charge in [0.05, 0.1) is 0 Å². The zero-order chi connectivity index (χ0) is 10.3. The third kappa shape index (κ3) is 1.39. The summed E-state index contributed by atoms with van der Waals surface area (Å²) in [5, 5.41) is 8.89. The standard InChI is InChI=1S/C10H9BrO3/c1-5-7-4-6(11)2-3-8(7)14-9(5)10(12)13/h2-5,9H,1H3,(H,12,13)/t5-,9+/m0/s1. The number of fused-ring (bicyclic) bond motifs is 1. The van der Waals surface area contributed by atoms with Crippen molar-refractivity contribution < 1.29 is 14.6 Å². The highest BCUT2D eigenvalue weighted by Crippen LogP contribution is 2.39. The van der Waals surface area contributed by atoms with Gasteiger partial charge in [0.2, 0.25) is 6.10 Å². The highest BCUT2D eigenvalue weighted by atomic mass is 79.9. The van der Waals surface area contributed by atoms with Crippen LogP contribution < -0.4 is 4.74 Å². The molecule has 0 bridgehead atoms. The second-order valence-electron chi connectivity index (χ2n) is 3.35. The first-order valence-electron chi connectivity index (χ1n) is 4.28. The monoisotopic (exact) mass is 256 g/mol. The van der Waals surface area contributed by atoms with Crippen molar-refractivity contribution in [3.63, 3.8) is 0 Å². The summed E-state index contributed by atoms with van der Waals surface area (Å²) in [6, 6.07) is 5.54. The number of carboxylic acid groups (broad SMARTS) is 1. The molecule has 0 saturated carbocycles. The summed E-state index contributed by atoms with van der Waals surface area (Å²) in [4.78, 5) is 10.8. The Morgan fingerprint density at radius 2 is 2.29 bits per heavy atom. The SMILES string of the molecule is C[C@H]1c2cc(Br)ccc2O[C@H]1C(=O)O. The predicted octanol–water partition coefficient (Wildman–Crippen LogP) is 2.40. The molecule has 0 spiro atoms. The lowest BCUT2D eigenvalue weighted by molar-refractivity contribution is -0.144. The quantitative estimate of drug-likeness (QED) is 0.840. The maximum atomic E-state index is 10.8. The number of benzene rings is 1. The Balaban J connectivity index is 2.41. The fourth-order valence-corrected chi connectivity index (χ4v) is 2.03. The fourth-order valence-electron chi connectivity index (χ4n) is 1.65. The van der Waals surface area contributed by atoms with Crippen molar-refractivity contribution in [2.75, 3.05) is 0 Å². The Morgan fingerprint density at radius 1 is 1.57 bits per heavy atom. The molecule has 1 N–H and O–H groups in total. The molecule has 0 aliphatic carbocycles. The maximum absolute atomic E-state index is 10.8. The first-order valence-corrected chi connectivity index (χ1v) is 5.08. The summed E-state index contributed by atoms with van der Waals surface area (Å²) in [7, 11) is 0. The van der Waals surface area contributed by atoms with E-state index in [2.05, 4.69) is 15.9 Å². The van der Waals surface area contributed by atoms with Crippen molar-refractivity contribution in [3.05, 3.63) is 28.2 Å². The Labute approximate surface area is 89.8 Å². The van der Waals surface area contributed by atoms with Gasteiger partial charge in [0, 0.05) is 16.0 Å². The van der Waals surface area contributed by atoms with E-state index >= 15 is 0 Å². The summed E-state index contributed by atoms with van der Waals surface area (Å²) in [5.74, 6) is -0.335. The minimum absolute atomic E-state index is 0.0972. The first kappa shape index (κ1) is 9.52. The van der Waals surface area contributed by atoms with E-state index in [1.54, 1.807) is 6.07 Å². The average Bonchev–Trinajstić information content (AvgIpc) is 2.44. The van der Waals surface area contributed by atoms with E-state index in [9.17, 15) is 4.79 Å². The Hall–Kier alpha value is -1.03. The zero-order valence-corrected chi connectivity index (χ0v) is 9.11. The van der Waals surface area contributed by atoms with Crippen LogP contribution in [0.2, 0.25) is 0 Å². The van der Waals surface area contributed by atoms with E-state index in [4.69, 9.17) is 9.84 Å². The van der Waals surface area contributed by atoms with Crippen molar-refractivity contribution in [2.24, 2.45) is 0 Å². The molecule has 1 aromatic carbocycles. The summed E-state index contributed by atoms with van der Waals surface area (Å²) < 4.78 is 6.26. The van der Waals surface area contributed by atoms with Gasteiger partial charge in [-0.05, 0) is 18.2 Å². The molecule has 0 radical (unpaired) electrons. The molecule has 0 fully saturated rings. The molecule has 2 atom stereocenters. The summed E-state index contributed by atoms with van der Waals surface area (Å²) in [5.41, 5.74) is 0.951. The van der Waals surface area contributed by atoms with Crippen LogP contribution in [0.5, 0.6) is 5.75 Å². The van der Waals surface area contributed by atoms with E-state index in [0.717, 1.165) is 10.0 Å². The summed E-state index contributed by atoms with van der Waals surface area (Å²) in [6.07, 6.45) is -0.751. The number of aliphatic carboxylic acids is 1. The molecule has 2 rings (SSSR count). The third-order valence-corrected chi connectivity index (χ3v) is 2.91. The van der Waals surface area contributed by atoms with E-state index in [-0.39, 0.29) is 5.92 Å². The van der Waals surface area contributed by atoms with Crippen molar-refractivity contribution in [3.8, 4) is 5.75 Å². The Morgan fingerprint density at radius 3 is 2.93 bits per heavy atom. The maximum Gasteiger partial charge on any atom is 0.345 e. The number of rotatable bonds is 1. The zero-order valence-electron chi connectivity index (χ0n) is 7.53. The summed E-state index contributed by atoms with van der Waals surface area (Å²) in [6.45, 7) is 1.86. The minimum Gasteiger partial charge on any atom is -0.478 e. The molecule has 0 amide bonds. The second kappa shape index (κ2) is 3.28. The van der Waals surface area contributed by atoms with Gasteiger partial charge in [-0.2, -0.15) is 0 Å². The van der Waals surface area contributed by atoms with E-state index in [1.165, 1.54) is 0 Å². The fraction of sp³-hybridized carbons (Fsp3) is 0.300. The largest absolute Gasteiger partial charge is 0.478 e. The van der Waals surface area contributed by atoms with Gasteiger partial charge in [0.25, 0.3) is 0 Å². The molecule has 3 nitrogen and oxygen atoms in total. The number of halogens is 1. The Kier molecular flexibility index (Phi) is 2.23. The van der Waals surface area contributed by atoms with Crippen LogP contribution in [0.1, 0.15) is 18.4 Å².